The van der Waals surface area contributed by atoms with Crippen LogP contribution in [0.1, 0.15) is 68.0 Å². The first-order valence-corrected chi connectivity index (χ1v) is 37.1. The third-order valence-electron chi connectivity index (χ3n) is 18.6. The Morgan fingerprint density at radius 1 is 0.419 bits per heavy atom. The summed E-state index contributed by atoms with van der Waals surface area (Å²) in [5, 5.41) is 32.9. The minimum absolute atomic E-state index is 0.105. The molecule has 12 nitrogen and oxygen atoms in total. The number of ketones is 3. The average Bonchev–Trinajstić information content (AvgIpc) is 1.12. The number of thiophene rings is 3. The number of halogens is 8. The van der Waals surface area contributed by atoms with Gasteiger partial charge in [-0.1, -0.05) is 102 Å². The van der Waals surface area contributed by atoms with Crippen molar-refractivity contribution in [2.75, 3.05) is 58.9 Å². The molecule has 0 spiro atoms. The molecule has 0 bridgehead atoms. The van der Waals surface area contributed by atoms with Crippen LogP contribution in [-0.4, -0.2) is 126 Å². The summed E-state index contributed by atoms with van der Waals surface area (Å²) in [6, 6.07) is 58.5. The molecule has 3 aromatic heterocycles. The molecule has 9 aromatic carbocycles. The van der Waals surface area contributed by atoms with Crippen LogP contribution in [0, 0.1) is 24.7 Å². The molecular weight excluding hydrogens is 1450 g/mol. The van der Waals surface area contributed by atoms with Gasteiger partial charge >= 0.3 is 0 Å². The van der Waals surface area contributed by atoms with Gasteiger partial charge in [-0.2, -0.15) is 0 Å². The van der Waals surface area contributed by atoms with E-state index >= 15 is 0 Å². The molecule has 0 saturated carbocycles. The number of hydrogen-bond donors (Lipinski definition) is 3. The number of rotatable bonds is 24. The number of carbonyl (C=O) groups excluding carboxylic acids is 3. The summed E-state index contributed by atoms with van der Waals surface area (Å²) >= 11 is 16.0. The van der Waals surface area contributed by atoms with Gasteiger partial charge in [0.05, 0.1) is 5.02 Å². The van der Waals surface area contributed by atoms with Gasteiger partial charge in [0.15, 0.2) is 17.2 Å². The van der Waals surface area contributed by atoms with Gasteiger partial charge in [0, 0.05) is 129 Å². The van der Waals surface area contributed by atoms with Crippen molar-refractivity contribution in [1.29, 1.82) is 0 Å². The van der Waals surface area contributed by atoms with Crippen molar-refractivity contribution in [1.82, 2.24) is 14.7 Å². The van der Waals surface area contributed by atoms with Gasteiger partial charge in [0.2, 0.25) is 36.6 Å². The second-order valence-corrected chi connectivity index (χ2v) is 30.2. The maximum atomic E-state index is 13.4. The van der Waals surface area contributed by atoms with Crippen molar-refractivity contribution < 1.29 is 70.3 Å². The van der Waals surface area contributed by atoms with Crippen molar-refractivity contribution in [3.05, 3.63) is 264 Å². The van der Waals surface area contributed by atoms with E-state index in [2.05, 4.69) is 0 Å². The van der Waals surface area contributed by atoms with E-state index in [0.717, 1.165) is 91.4 Å². The van der Waals surface area contributed by atoms with E-state index in [1.54, 1.807) is 115 Å². The molecule has 3 aliphatic rings. The molecule has 15 rings (SSSR count). The predicted molar refractivity (Wildman–Crippen MR) is 403 cm³/mol. The maximum absolute atomic E-state index is 13.4. The normalized spacial score (nSPS) is 14.4. The van der Waals surface area contributed by atoms with Crippen molar-refractivity contribution >= 4 is 105 Å². The Hall–Kier alpha value is -9.29. The number of alkyl halides is 6. The number of carbonyl (C=O) groups is 3. The van der Waals surface area contributed by atoms with E-state index < -0.39 is 37.0 Å². The molecule has 3 fully saturated rings. The molecule has 105 heavy (non-hydrogen) atoms. The van der Waals surface area contributed by atoms with Crippen molar-refractivity contribution in [3.8, 4) is 51.7 Å². The second kappa shape index (κ2) is 33.0. The summed E-state index contributed by atoms with van der Waals surface area (Å²) in [6.07, 6.45) is -4.42. The fourth-order valence-corrected chi connectivity index (χ4v) is 16.2. The van der Waals surface area contributed by atoms with Crippen molar-refractivity contribution in [2.45, 2.75) is 45.5 Å². The fourth-order valence-electron chi connectivity index (χ4n) is 12.5. The average molecular weight is 1520 g/mol. The first kappa shape index (κ1) is 74.0. The van der Waals surface area contributed by atoms with Crippen LogP contribution >= 0.6 is 57.2 Å². The molecule has 23 heteroatoms. The first-order valence-electron chi connectivity index (χ1n) is 33.9. The second-order valence-electron chi connectivity index (χ2n) is 26.2. The fraction of sp³-hybridized carbons (Fsp3) is 0.232. The Labute approximate surface area is 623 Å². The highest BCUT2D eigenvalue weighted by atomic mass is 35.5. The number of fused-ring (bicyclic) bond motifs is 3. The third-order valence-corrected chi connectivity index (χ3v) is 22.6. The molecule has 3 N–H and O–H groups in total. The van der Waals surface area contributed by atoms with Crippen LogP contribution in [0.5, 0.6) is 51.7 Å². The zero-order chi connectivity index (χ0) is 73.6. The topological polar surface area (TPSA) is 149 Å². The number of phenols is 3. The lowest BCUT2D eigenvalue weighted by Crippen LogP contribution is -2.50. The van der Waals surface area contributed by atoms with Crippen LogP contribution in [0.3, 0.4) is 0 Å². The van der Waals surface area contributed by atoms with Gasteiger partial charge in [-0.3, -0.25) is 14.4 Å². The number of likely N-dealkylation sites (tertiary alicyclic amines) is 3. The summed E-state index contributed by atoms with van der Waals surface area (Å²) in [7, 11) is 0. The van der Waals surface area contributed by atoms with Crippen molar-refractivity contribution in [2.24, 2.45) is 17.8 Å². The molecule has 540 valence electrons. The highest BCUT2D eigenvalue weighted by Gasteiger charge is 2.36. The standard InChI is InChI=1S/C28H25F2NO3S.2C27H22ClF2NO3S/c1-17-2-6-19(7-3-17)25(33)27-26(23-11-8-21(32)14-24(23)35-27)34-22-9-4-18(5-10-22)12-13-31-15-20(16-31)28(29)30;28-19-5-3-17(4-6-19)24(33)26-25(22-10-7-20(32)13-23(22)35-26)34-21-8-1-16(2-9-21)11-12-31-14-18(15-31)27(29)30;28-22-4-2-1-3-20(22)24(33)26-25(21-10-7-18(32)13-23(21)35-26)34-19-8-5-16(6-9-19)11-12-31-14-17(15-31)27(29)30/h2-11,14,20,28,32H,12-13,15-16H2,1H3;1-10,13,18,27,32H,11-12,14-15H2;1-10,13,17,27,32H,11-12,14-15H2. The number of phenolic OH excluding ortho intramolecular Hbond substituents is 3. The van der Waals surface area contributed by atoms with Crippen LogP contribution in [0.2, 0.25) is 10.0 Å². The molecule has 0 radical (unpaired) electrons. The van der Waals surface area contributed by atoms with E-state index in [-0.39, 0.29) is 34.6 Å². The van der Waals surface area contributed by atoms with E-state index in [1.165, 1.54) is 34.0 Å². The Morgan fingerprint density at radius 3 is 1.06 bits per heavy atom. The smallest absolute Gasteiger partial charge is 0.243 e. The van der Waals surface area contributed by atoms with Crippen LogP contribution in [0.15, 0.2) is 200 Å². The van der Waals surface area contributed by atoms with Gasteiger partial charge in [-0.15, -0.1) is 34.0 Å². The summed E-state index contributed by atoms with van der Waals surface area (Å²) in [5.41, 5.74) is 5.76. The number of aromatic hydroxyl groups is 3. The van der Waals surface area contributed by atoms with E-state index in [1.807, 2.05) is 107 Å². The van der Waals surface area contributed by atoms with Crippen LogP contribution in [0.4, 0.5) is 26.3 Å². The zero-order valence-electron chi connectivity index (χ0n) is 56.4. The summed E-state index contributed by atoms with van der Waals surface area (Å²) in [4.78, 5) is 47.4. The van der Waals surface area contributed by atoms with Gasteiger partial charge < -0.3 is 44.2 Å². The van der Waals surface area contributed by atoms with Crippen molar-refractivity contribution in [3.63, 3.8) is 0 Å². The molecule has 6 heterocycles. The summed E-state index contributed by atoms with van der Waals surface area (Å²) in [6.45, 7) is 6.89. The molecular formula is C82H69Cl2F6N3O9S3. The summed E-state index contributed by atoms with van der Waals surface area (Å²) < 4.78 is 96.8. The lowest BCUT2D eigenvalue weighted by atomic mass is 10.00. The highest BCUT2D eigenvalue weighted by molar-refractivity contribution is 7.22. The van der Waals surface area contributed by atoms with Gasteiger partial charge in [0.25, 0.3) is 0 Å². The summed E-state index contributed by atoms with van der Waals surface area (Å²) in [5.74, 6) is 1.35. The van der Waals surface area contributed by atoms with Gasteiger partial charge in [-0.05, 0) is 170 Å². The van der Waals surface area contributed by atoms with E-state index in [9.17, 15) is 56.0 Å². The molecule has 12 aromatic rings. The molecule has 3 aliphatic heterocycles. The van der Waals surface area contributed by atoms with Crippen LogP contribution < -0.4 is 14.2 Å². The Morgan fingerprint density at radius 2 is 0.733 bits per heavy atom. The Kier molecular flexibility index (Phi) is 23.3. The highest BCUT2D eigenvalue weighted by Crippen LogP contribution is 2.47. The number of benzene rings is 9. The Balaban J connectivity index is 0.000000140. The first-order chi connectivity index (χ1) is 50.6. The number of hydrogen-bond acceptors (Lipinski definition) is 15. The largest absolute Gasteiger partial charge is 0.508 e. The molecule has 0 amide bonds. The lowest BCUT2D eigenvalue weighted by molar-refractivity contribution is -0.0235. The molecule has 3 saturated heterocycles. The molecule has 0 aliphatic carbocycles. The minimum Gasteiger partial charge on any atom is -0.508 e. The number of aryl methyl sites for hydroxylation is 1. The minimum atomic E-state index is -2.24. The number of ether oxygens (including phenoxy) is 3. The molecule has 0 unspecified atom stereocenters. The Bertz CT molecular complexity index is 4850. The molecule has 0 atom stereocenters. The third kappa shape index (κ3) is 17.8. The quantitative estimate of drug-likeness (QED) is 0.0390. The SMILES string of the molecule is Cc1ccc(C(=O)c2sc3cc(O)ccc3c2Oc2ccc(CCN3CC(C(F)F)C3)cc2)cc1.O=C(c1ccc(Cl)cc1)c1sc2cc(O)ccc2c1Oc1ccc(CCN2CC(C(F)F)C2)cc1.O=C(c1ccccc1Cl)c1sc2cc(O)ccc2c1Oc1ccc(CCN2CC(C(F)F)C2)cc1. The lowest BCUT2D eigenvalue weighted by Gasteiger charge is -2.38. The number of nitrogens with zero attached hydrogens (tertiary/aromatic N) is 3. The van der Waals surface area contributed by atoms with E-state index in [4.69, 9.17) is 37.4 Å². The van der Waals surface area contributed by atoms with Crippen LogP contribution in [-0.2, 0) is 19.3 Å². The zero-order valence-corrected chi connectivity index (χ0v) is 60.3. The predicted octanol–water partition coefficient (Wildman–Crippen LogP) is 20.7. The van der Waals surface area contributed by atoms with Crippen LogP contribution in [0.25, 0.3) is 30.3 Å². The van der Waals surface area contributed by atoms with E-state index in [0.29, 0.717) is 115 Å². The maximum Gasteiger partial charge on any atom is 0.243 e. The van der Waals surface area contributed by atoms with Gasteiger partial charge in [0.1, 0.15) is 49.1 Å². The monoisotopic (exact) mass is 1520 g/mol. The van der Waals surface area contributed by atoms with Gasteiger partial charge in [-0.25, -0.2) is 26.3 Å².